The van der Waals surface area contributed by atoms with E-state index in [0.29, 0.717) is 22.4 Å². The van der Waals surface area contributed by atoms with Crippen LogP contribution in [-0.4, -0.2) is 27.3 Å². The van der Waals surface area contributed by atoms with Crippen molar-refractivity contribution < 1.29 is 9.53 Å². The Bertz CT molecular complexity index is 912. The molecule has 140 valence electrons. The number of carbonyl (C=O) groups excluding carboxylic acids is 1. The smallest absolute Gasteiger partial charge is 0.262 e. The van der Waals surface area contributed by atoms with Crippen LogP contribution in [0.3, 0.4) is 0 Å². The monoisotopic (exact) mass is 384 g/mol. The average molecular weight is 385 g/mol. The highest BCUT2D eigenvalue weighted by molar-refractivity contribution is 6.30. The van der Waals surface area contributed by atoms with Crippen molar-refractivity contribution in [2.24, 2.45) is 0 Å². The van der Waals surface area contributed by atoms with Crippen molar-refractivity contribution in [3.8, 4) is 11.4 Å². The quantitative estimate of drug-likeness (QED) is 0.653. The van der Waals surface area contributed by atoms with Gasteiger partial charge < -0.3 is 10.1 Å². The van der Waals surface area contributed by atoms with Gasteiger partial charge in [-0.2, -0.15) is 0 Å². The Kier molecular flexibility index (Phi) is 6.08. The molecule has 2 aromatic carbocycles. The second-order valence-corrected chi connectivity index (χ2v) is 6.69. The Morgan fingerprint density at radius 2 is 2.00 bits per heavy atom. The summed E-state index contributed by atoms with van der Waals surface area (Å²) in [7, 11) is 0. The zero-order chi connectivity index (χ0) is 19.2. The lowest BCUT2D eigenvalue weighted by atomic mass is 9.98. The van der Waals surface area contributed by atoms with Crippen molar-refractivity contribution >= 4 is 23.2 Å². The molecular weight excluding hydrogens is 364 g/mol. The van der Waals surface area contributed by atoms with Gasteiger partial charge in [-0.25, -0.2) is 0 Å². The van der Waals surface area contributed by atoms with Crippen molar-refractivity contribution in [2.75, 3.05) is 11.9 Å². The first kappa shape index (κ1) is 18.9. The summed E-state index contributed by atoms with van der Waals surface area (Å²) in [5.74, 6) is 0.737. The zero-order valence-corrected chi connectivity index (χ0v) is 16.0. The third kappa shape index (κ3) is 4.86. The van der Waals surface area contributed by atoms with Crippen molar-refractivity contribution in [2.45, 2.75) is 26.2 Å². The highest BCUT2D eigenvalue weighted by Gasteiger charge is 2.13. The van der Waals surface area contributed by atoms with Gasteiger partial charge in [0.05, 0.1) is 5.69 Å². The number of rotatable bonds is 7. The maximum atomic E-state index is 12.2. The van der Waals surface area contributed by atoms with Gasteiger partial charge in [0, 0.05) is 10.7 Å². The summed E-state index contributed by atoms with van der Waals surface area (Å²) in [6, 6.07) is 12.9. The molecule has 27 heavy (non-hydrogen) atoms. The molecule has 0 radical (unpaired) electrons. The number of anilines is 1. The molecule has 6 nitrogen and oxygen atoms in total. The van der Waals surface area contributed by atoms with Gasteiger partial charge in [0.2, 0.25) is 0 Å². The molecule has 0 saturated heterocycles. The number of carbonyl (C=O) groups is 1. The van der Waals surface area contributed by atoms with Crippen LogP contribution in [0.15, 0.2) is 55.1 Å². The number of benzene rings is 2. The van der Waals surface area contributed by atoms with Gasteiger partial charge >= 0.3 is 0 Å². The maximum Gasteiger partial charge on any atom is 0.262 e. The summed E-state index contributed by atoms with van der Waals surface area (Å²) in [5.41, 5.74) is 2.62. The third-order valence-corrected chi connectivity index (χ3v) is 4.56. The number of nitrogens with zero attached hydrogens (tertiary/aromatic N) is 3. The van der Waals surface area contributed by atoms with E-state index in [1.54, 1.807) is 41.5 Å². The van der Waals surface area contributed by atoms with Crippen molar-refractivity contribution in [1.29, 1.82) is 0 Å². The van der Waals surface area contributed by atoms with Crippen molar-refractivity contribution in [3.63, 3.8) is 0 Å². The zero-order valence-electron chi connectivity index (χ0n) is 15.2. The van der Waals surface area contributed by atoms with Crippen molar-refractivity contribution in [1.82, 2.24) is 14.8 Å². The topological polar surface area (TPSA) is 69.0 Å². The molecule has 0 spiro atoms. The van der Waals surface area contributed by atoms with Gasteiger partial charge in [0.1, 0.15) is 18.4 Å². The van der Waals surface area contributed by atoms with Gasteiger partial charge in [-0.15, -0.1) is 10.2 Å². The summed E-state index contributed by atoms with van der Waals surface area (Å²) in [5, 5.41) is 11.0. The van der Waals surface area contributed by atoms with Crippen LogP contribution < -0.4 is 10.1 Å². The Morgan fingerprint density at radius 3 is 2.70 bits per heavy atom. The lowest BCUT2D eigenvalue weighted by molar-refractivity contribution is -0.118. The molecule has 7 heteroatoms. The van der Waals surface area contributed by atoms with Gasteiger partial charge in [-0.3, -0.25) is 9.36 Å². The maximum absolute atomic E-state index is 12.2. The minimum Gasteiger partial charge on any atom is -0.482 e. The Morgan fingerprint density at radius 1 is 1.22 bits per heavy atom. The van der Waals surface area contributed by atoms with E-state index in [2.05, 4.69) is 29.4 Å². The molecule has 1 aromatic heterocycles. The van der Waals surface area contributed by atoms with Crippen LogP contribution in [0.2, 0.25) is 5.02 Å². The van der Waals surface area contributed by atoms with E-state index in [0.717, 1.165) is 12.1 Å². The Hall–Kier alpha value is -2.86. The first-order chi connectivity index (χ1) is 13.1. The molecule has 0 aliphatic carbocycles. The molecule has 0 aliphatic heterocycles. The number of hydrogen-bond acceptors (Lipinski definition) is 4. The predicted molar refractivity (Wildman–Crippen MR) is 106 cm³/mol. The molecule has 3 rings (SSSR count). The molecule has 1 atom stereocenters. The normalized spacial score (nSPS) is 11.8. The van der Waals surface area contributed by atoms with E-state index in [1.165, 1.54) is 5.56 Å². The van der Waals surface area contributed by atoms with E-state index < -0.39 is 0 Å². The fourth-order valence-electron chi connectivity index (χ4n) is 2.63. The highest BCUT2D eigenvalue weighted by Crippen LogP contribution is 2.28. The van der Waals surface area contributed by atoms with Gasteiger partial charge in [0.15, 0.2) is 6.61 Å². The van der Waals surface area contributed by atoms with Gasteiger partial charge in [-0.05, 0) is 48.2 Å². The minimum absolute atomic E-state index is 0.121. The number of amides is 1. The molecule has 0 fully saturated rings. The Labute approximate surface area is 163 Å². The van der Waals surface area contributed by atoms with Crippen LogP contribution in [0.4, 0.5) is 5.69 Å². The largest absolute Gasteiger partial charge is 0.482 e. The molecule has 1 amide bonds. The summed E-state index contributed by atoms with van der Waals surface area (Å²) in [6.45, 7) is 4.20. The number of nitrogens with one attached hydrogen (secondary N) is 1. The van der Waals surface area contributed by atoms with Crippen LogP contribution in [0.25, 0.3) is 5.69 Å². The fourth-order valence-corrected chi connectivity index (χ4v) is 2.82. The minimum atomic E-state index is -0.266. The molecule has 1 N–H and O–H groups in total. The number of ether oxygens (including phenoxy) is 1. The van der Waals surface area contributed by atoms with E-state index in [-0.39, 0.29) is 12.5 Å². The standard InChI is InChI=1S/C20H21ClN4O2/c1-3-14(2)15-7-8-19(18(9-15)25-12-22-23-13-25)27-11-20(26)24-17-6-4-5-16(21)10-17/h4-10,12-14H,3,11H2,1-2H3,(H,24,26)/t14-/m1/s1. The lowest BCUT2D eigenvalue weighted by Crippen LogP contribution is -2.20. The SMILES string of the molecule is CC[C@@H](C)c1ccc(OCC(=O)Nc2cccc(Cl)c2)c(-n2cnnc2)c1. The van der Waals surface area contributed by atoms with Crippen molar-refractivity contribution in [3.05, 3.63) is 65.7 Å². The number of aromatic nitrogens is 3. The number of halogens is 1. The summed E-state index contributed by atoms with van der Waals surface area (Å²) in [6.07, 6.45) is 4.24. The second kappa shape index (κ2) is 8.68. The van der Waals surface area contributed by atoms with Crippen LogP contribution in [0.1, 0.15) is 31.7 Å². The number of hydrogen-bond donors (Lipinski definition) is 1. The predicted octanol–water partition coefficient (Wildman–Crippen LogP) is 4.45. The molecular formula is C20H21ClN4O2. The van der Waals surface area contributed by atoms with Crippen LogP contribution >= 0.6 is 11.6 Å². The highest BCUT2D eigenvalue weighted by atomic mass is 35.5. The first-order valence-electron chi connectivity index (χ1n) is 8.74. The second-order valence-electron chi connectivity index (χ2n) is 6.25. The van der Waals surface area contributed by atoms with Gasteiger partial charge in [-0.1, -0.05) is 37.6 Å². The summed E-state index contributed by atoms with van der Waals surface area (Å²) < 4.78 is 7.55. The third-order valence-electron chi connectivity index (χ3n) is 4.33. The summed E-state index contributed by atoms with van der Waals surface area (Å²) >= 11 is 5.93. The first-order valence-corrected chi connectivity index (χ1v) is 9.11. The molecule has 0 unspecified atom stereocenters. The average Bonchev–Trinajstić information content (AvgIpc) is 3.20. The Balaban J connectivity index is 1.75. The lowest BCUT2D eigenvalue weighted by Gasteiger charge is -2.16. The van der Waals surface area contributed by atoms with Crippen LogP contribution in [-0.2, 0) is 4.79 Å². The van der Waals surface area contributed by atoms with E-state index >= 15 is 0 Å². The molecule has 0 bridgehead atoms. The van der Waals surface area contributed by atoms with E-state index in [1.807, 2.05) is 18.2 Å². The molecule has 0 aliphatic rings. The molecule has 0 saturated carbocycles. The molecule has 3 aromatic rings. The van der Waals surface area contributed by atoms with E-state index in [4.69, 9.17) is 16.3 Å². The molecule has 1 heterocycles. The van der Waals surface area contributed by atoms with Crippen LogP contribution in [0, 0.1) is 0 Å². The van der Waals surface area contributed by atoms with Crippen LogP contribution in [0.5, 0.6) is 5.75 Å². The van der Waals surface area contributed by atoms with E-state index in [9.17, 15) is 4.79 Å². The summed E-state index contributed by atoms with van der Waals surface area (Å²) in [4.78, 5) is 12.2. The fraction of sp³-hybridized carbons (Fsp3) is 0.250. The van der Waals surface area contributed by atoms with Gasteiger partial charge in [0.25, 0.3) is 5.91 Å².